The number of fused-ring (bicyclic) bond motifs is 1. The van der Waals surface area contributed by atoms with E-state index in [1.165, 1.54) is 11.3 Å². The summed E-state index contributed by atoms with van der Waals surface area (Å²) in [5.74, 6) is -0.369. The number of ether oxygens (including phenoxy) is 1. The maximum absolute atomic E-state index is 12.5. The van der Waals surface area contributed by atoms with Crippen LogP contribution >= 0.6 is 11.3 Å². The molecule has 144 valence electrons. The molecule has 7 nitrogen and oxygen atoms in total. The molecule has 2 aliphatic rings. The Morgan fingerprint density at radius 1 is 1.35 bits per heavy atom. The lowest BCUT2D eigenvalue weighted by Gasteiger charge is -2.22. The molecule has 0 aromatic carbocycles. The molecule has 0 radical (unpaired) electrons. The lowest BCUT2D eigenvalue weighted by Crippen LogP contribution is -2.38. The van der Waals surface area contributed by atoms with Gasteiger partial charge in [-0.3, -0.25) is 9.69 Å². The average molecular weight is 401 g/mol. The Bertz CT molecular complexity index is 815. The van der Waals surface area contributed by atoms with Crippen molar-refractivity contribution in [2.45, 2.75) is 38.6 Å². The summed E-state index contributed by atoms with van der Waals surface area (Å²) in [7, 11) is -1.23. The summed E-state index contributed by atoms with van der Waals surface area (Å²) in [6.07, 6.45) is 3.31. The minimum Gasteiger partial charge on any atom is -0.462 e. The van der Waals surface area contributed by atoms with E-state index < -0.39 is 15.8 Å². The van der Waals surface area contributed by atoms with Crippen molar-refractivity contribution in [3.8, 4) is 0 Å². The molecule has 9 heteroatoms. The highest BCUT2D eigenvalue weighted by atomic mass is 32.2. The summed E-state index contributed by atoms with van der Waals surface area (Å²) in [5.41, 5.74) is 1.49. The minimum absolute atomic E-state index is 0.0883. The van der Waals surface area contributed by atoms with Crippen LogP contribution in [0.15, 0.2) is 0 Å². The number of hydrogen-bond acceptors (Lipinski definition) is 7. The monoisotopic (exact) mass is 400 g/mol. The van der Waals surface area contributed by atoms with E-state index >= 15 is 0 Å². The van der Waals surface area contributed by atoms with Gasteiger partial charge in [-0.05, 0) is 45.2 Å². The first-order chi connectivity index (χ1) is 12.3. The van der Waals surface area contributed by atoms with Gasteiger partial charge in [0.15, 0.2) is 9.84 Å². The molecule has 0 bridgehead atoms. The Morgan fingerprint density at radius 2 is 2.12 bits per heavy atom. The van der Waals surface area contributed by atoms with E-state index in [9.17, 15) is 18.0 Å². The molecule has 1 atom stereocenters. The summed E-state index contributed by atoms with van der Waals surface area (Å²) in [5, 5.41) is 3.39. The van der Waals surface area contributed by atoms with Gasteiger partial charge in [-0.15, -0.1) is 11.3 Å². The fraction of sp³-hybridized carbons (Fsp3) is 0.647. The number of esters is 1. The molecule has 1 aliphatic heterocycles. The zero-order valence-electron chi connectivity index (χ0n) is 15.0. The van der Waals surface area contributed by atoms with Crippen molar-refractivity contribution in [3.63, 3.8) is 0 Å². The van der Waals surface area contributed by atoms with E-state index in [1.807, 2.05) is 0 Å². The molecular weight excluding hydrogens is 376 g/mol. The predicted molar refractivity (Wildman–Crippen MR) is 101 cm³/mol. The molecule has 1 saturated heterocycles. The number of aryl methyl sites for hydroxylation is 1. The van der Waals surface area contributed by atoms with Crippen LogP contribution in [0.4, 0.5) is 5.00 Å². The Hall–Kier alpha value is -1.45. The smallest absolute Gasteiger partial charge is 0.341 e. The van der Waals surface area contributed by atoms with Crippen molar-refractivity contribution in [1.29, 1.82) is 0 Å². The fourth-order valence-corrected chi connectivity index (χ4v) is 6.66. The van der Waals surface area contributed by atoms with E-state index in [4.69, 9.17) is 4.74 Å². The maximum Gasteiger partial charge on any atom is 0.341 e. The summed E-state index contributed by atoms with van der Waals surface area (Å²) in [4.78, 5) is 27.7. The number of nitrogens with zero attached hydrogens (tertiary/aromatic N) is 1. The van der Waals surface area contributed by atoms with E-state index in [2.05, 4.69) is 5.32 Å². The van der Waals surface area contributed by atoms with Gasteiger partial charge in [0.2, 0.25) is 5.91 Å². The van der Waals surface area contributed by atoms with Gasteiger partial charge in [0, 0.05) is 10.9 Å². The van der Waals surface area contributed by atoms with Crippen molar-refractivity contribution in [2.75, 3.05) is 37.0 Å². The summed E-state index contributed by atoms with van der Waals surface area (Å²) in [6.45, 7) is 2.13. The number of thiophene rings is 1. The Balaban J connectivity index is 1.69. The molecule has 3 rings (SSSR count). The molecule has 1 aliphatic carbocycles. The summed E-state index contributed by atoms with van der Waals surface area (Å²) in [6, 6.07) is -0.136. The highest BCUT2D eigenvalue weighted by Gasteiger charge is 2.32. The zero-order valence-corrected chi connectivity index (χ0v) is 16.7. The second-order valence-corrected chi connectivity index (χ2v) is 10.1. The largest absolute Gasteiger partial charge is 0.462 e. The lowest BCUT2D eigenvalue weighted by atomic mass is 10.1. The molecule has 1 fully saturated rings. The molecule has 1 aromatic rings. The summed E-state index contributed by atoms with van der Waals surface area (Å²) >= 11 is 1.44. The Kier molecular flexibility index (Phi) is 5.69. The van der Waals surface area contributed by atoms with E-state index in [0.29, 0.717) is 17.0 Å². The van der Waals surface area contributed by atoms with Gasteiger partial charge in [0.1, 0.15) is 5.00 Å². The minimum atomic E-state index is -2.99. The van der Waals surface area contributed by atoms with Gasteiger partial charge < -0.3 is 10.1 Å². The first-order valence-corrected chi connectivity index (χ1v) is 11.5. The van der Waals surface area contributed by atoms with Crippen LogP contribution in [0.1, 0.15) is 40.6 Å². The standard InChI is InChI=1S/C17H24N2O5S2/c1-3-24-17(21)15-12-5-4-6-13(12)25-16(15)18-14(20)9-19(2)11-7-8-26(22,23)10-11/h11H,3-10H2,1-2H3,(H,18,20). The van der Waals surface area contributed by atoms with Crippen molar-refractivity contribution < 1.29 is 22.7 Å². The van der Waals surface area contributed by atoms with E-state index in [-0.39, 0.29) is 36.6 Å². The number of nitrogens with one attached hydrogen (secondary N) is 1. The quantitative estimate of drug-likeness (QED) is 0.727. The maximum atomic E-state index is 12.5. The Morgan fingerprint density at radius 3 is 2.77 bits per heavy atom. The van der Waals surface area contributed by atoms with Gasteiger partial charge in [-0.1, -0.05) is 0 Å². The number of amides is 1. The topological polar surface area (TPSA) is 92.8 Å². The lowest BCUT2D eigenvalue weighted by molar-refractivity contribution is -0.117. The first kappa shape index (κ1) is 19.3. The van der Waals surface area contributed by atoms with E-state index in [0.717, 1.165) is 29.7 Å². The van der Waals surface area contributed by atoms with Crippen LogP contribution in [0.3, 0.4) is 0 Å². The van der Waals surface area contributed by atoms with Gasteiger partial charge in [0.25, 0.3) is 0 Å². The molecular formula is C17H24N2O5S2. The van der Waals surface area contributed by atoms with Gasteiger partial charge in [0.05, 0.1) is 30.2 Å². The molecule has 26 heavy (non-hydrogen) atoms. The number of sulfone groups is 1. The third kappa shape index (κ3) is 4.10. The molecule has 1 amide bonds. The molecule has 1 unspecified atom stereocenters. The molecule has 0 saturated carbocycles. The third-order valence-electron chi connectivity index (χ3n) is 4.88. The molecule has 0 spiro atoms. The second kappa shape index (κ2) is 7.66. The number of carbonyl (C=O) groups excluding carboxylic acids is 2. The molecule has 1 aromatic heterocycles. The first-order valence-electron chi connectivity index (χ1n) is 8.83. The Labute approximate surface area is 157 Å². The average Bonchev–Trinajstić information content (AvgIpc) is 3.21. The van der Waals surface area contributed by atoms with E-state index in [1.54, 1.807) is 18.9 Å². The van der Waals surface area contributed by atoms with Crippen LogP contribution in [0.2, 0.25) is 0 Å². The normalized spacial score (nSPS) is 21.0. The highest BCUT2D eigenvalue weighted by molar-refractivity contribution is 7.91. The highest BCUT2D eigenvalue weighted by Crippen LogP contribution is 2.39. The van der Waals surface area contributed by atoms with Crippen molar-refractivity contribution >= 4 is 38.1 Å². The van der Waals surface area contributed by atoms with Crippen LogP contribution in [0, 0.1) is 0 Å². The third-order valence-corrected chi connectivity index (χ3v) is 7.84. The molecule has 2 heterocycles. The number of likely N-dealkylation sites (N-methyl/N-ethyl adjacent to an activating group) is 1. The number of carbonyl (C=O) groups is 2. The number of hydrogen-bond donors (Lipinski definition) is 1. The zero-order chi connectivity index (χ0) is 18.9. The van der Waals surface area contributed by atoms with Crippen LogP contribution in [-0.2, 0) is 32.2 Å². The SMILES string of the molecule is CCOC(=O)c1c(NC(=O)CN(C)C2CCS(=O)(=O)C2)sc2c1CCC2. The van der Waals surface area contributed by atoms with Crippen LogP contribution in [0.25, 0.3) is 0 Å². The second-order valence-electron chi connectivity index (χ2n) is 6.80. The van der Waals surface area contributed by atoms with Gasteiger partial charge >= 0.3 is 5.97 Å². The predicted octanol–water partition coefficient (Wildman–Crippen LogP) is 1.47. The van der Waals surface area contributed by atoms with Gasteiger partial charge in [-0.25, -0.2) is 13.2 Å². The molecule has 1 N–H and O–H groups in total. The van der Waals surface area contributed by atoms with Crippen molar-refractivity contribution in [1.82, 2.24) is 4.90 Å². The number of anilines is 1. The van der Waals surface area contributed by atoms with Crippen LogP contribution < -0.4 is 5.32 Å². The van der Waals surface area contributed by atoms with Gasteiger partial charge in [-0.2, -0.15) is 0 Å². The van der Waals surface area contributed by atoms with Crippen molar-refractivity contribution in [3.05, 3.63) is 16.0 Å². The number of rotatable bonds is 6. The fourth-order valence-electron chi connectivity index (χ4n) is 3.56. The van der Waals surface area contributed by atoms with Crippen LogP contribution in [-0.4, -0.2) is 62.9 Å². The van der Waals surface area contributed by atoms with Crippen molar-refractivity contribution in [2.24, 2.45) is 0 Å². The van der Waals surface area contributed by atoms with Crippen LogP contribution in [0.5, 0.6) is 0 Å². The summed E-state index contributed by atoms with van der Waals surface area (Å²) < 4.78 is 28.4.